The van der Waals surface area contributed by atoms with Crippen LogP contribution in [0.5, 0.6) is 5.75 Å². The van der Waals surface area contributed by atoms with Crippen LogP contribution in [0, 0.1) is 28.7 Å². The Morgan fingerprint density at radius 1 is 1.09 bits per heavy atom. The monoisotopic (exact) mass is 329 g/mol. The number of halogens is 2. The Labute approximate surface area is 124 Å². The minimum Gasteiger partial charge on any atom is -0.371 e. The van der Waals surface area contributed by atoms with Crippen molar-refractivity contribution < 1.29 is 26.3 Å². The zero-order valence-electron chi connectivity index (χ0n) is 11.1. The highest BCUT2D eigenvalue weighted by molar-refractivity contribution is 7.87. The van der Waals surface area contributed by atoms with E-state index >= 15 is 0 Å². The molecule has 0 aliphatic carbocycles. The molecule has 116 valence electrons. The molecule has 2 rings (SSSR count). The molecule has 0 unspecified atom stereocenters. The van der Waals surface area contributed by atoms with Crippen LogP contribution in [0.15, 0.2) is 41.3 Å². The van der Waals surface area contributed by atoms with Gasteiger partial charge in [-0.3, -0.25) is 10.1 Å². The molecule has 2 aromatic rings. The molecular weight excluding hydrogens is 320 g/mol. The van der Waals surface area contributed by atoms with Gasteiger partial charge in [-0.2, -0.15) is 8.42 Å². The quantitative estimate of drug-likeness (QED) is 0.489. The van der Waals surface area contributed by atoms with Gasteiger partial charge in [0.05, 0.1) is 11.0 Å². The zero-order valence-corrected chi connectivity index (χ0v) is 11.9. The molecule has 0 bridgehead atoms. The van der Waals surface area contributed by atoms with Crippen LogP contribution >= 0.6 is 0 Å². The lowest BCUT2D eigenvalue weighted by molar-refractivity contribution is -0.385. The summed E-state index contributed by atoms with van der Waals surface area (Å²) in [5.41, 5.74) is -0.202. The van der Waals surface area contributed by atoms with Gasteiger partial charge in [0, 0.05) is 6.07 Å². The molecule has 0 aliphatic rings. The van der Waals surface area contributed by atoms with Crippen molar-refractivity contribution in [3.8, 4) is 5.75 Å². The summed E-state index contributed by atoms with van der Waals surface area (Å²) >= 11 is 0. The van der Waals surface area contributed by atoms with Crippen molar-refractivity contribution in [2.75, 3.05) is 0 Å². The van der Waals surface area contributed by atoms with Gasteiger partial charge in [0.1, 0.15) is 4.90 Å². The SMILES string of the molecule is Cc1ccc(S(=O)(=O)Oc2cc(F)c(F)cc2[N+](=O)[O-])cc1. The molecule has 0 radical (unpaired) electrons. The number of aryl methyl sites for hydroxylation is 1. The molecule has 0 saturated carbocycles. The minimum absolute atomic E-state index is 0.259. The molecule has 0 aliphatic heterocycles. The van der Waals surface area contributed by atoms with E-state index in [4.69, 9.17) is 0 Å². The van der Waals surface area contributed by atoms with Gasteiger partial charge in [-0.25, -0.2) is 8.78 Å². The highest BCUT2D eigenvalue weighted by Crippen LogP contribution is 2.31. The number of nitro benzene ring substituents is 1. The number of nitrogens with zero attached hydrogens (tertiary/aromatic N) is 1. The molecule has 0 heterocycles. The Hall–Kier alpha value is -2.55. The van der Waals surface area contributed by atoms with E-state index in [1.807, 2.05) is 0 Å². The highest BCUT2D eigenvalue weighted by Gasteiger charge is 2.26. The van der Waals surface area contributed by atoms with E-state index in [2.05, 4.69) is 4.18 Å². The van der Waals surface area contributed by atoms with Crippen LogP contribution in [-0.2, 0) is 10.1 Å². The maximum atomic E-state index is 13.2. The van der Waals surface area contributed by atoms with Gasteiger partial charge in [0.15, 0.2) is 11.6 Å². The van der Waals surface area contributed by atoms with Crippen LogP contribution in [0.25, 0.3) is 0 Å². The Balaban J connectivity index is 2.47. The molecule has 22 heavy (non-hydrogen) atoms. The summed E-state index contributed by atoms with van der Waals surface area (Å²) in [6.45, 7) is 1.73. The lowest BCUT2D eigenvalue weighted by Crippen LogP contribution is -2.11. The first-order valence-corrected chi connectivity index (χ1v) is 7.26. The minimum atomic E-state index is -4.41. The Morgan fingerprint density at radius 2 is 1.64 bits per heavy atom. The first-order valence-electron chi connectivity index (χ1n) is 5.85. The van der Waals surface area contributed by atoms with E-state index in [0.717, 1.165) is 5.56 Å². The Kier molecular flexibility index (Phi) is 4.09. The van der Waals surface area contributed by atoms with E-state index in [0.29, 0.717) is 6.07 Å². The molecule has 9 heteroatoms. The van der Waals surface area contributed by atoms with Gasteiger partial charge in [-0.15, -0.1) is 0 Å². The number of benzene rings is 2. The zero-order chi connectivity index (χ0) is 16.5. The molecule has 0 fully saturated rings. The second kappa shape index (κ2) is 5.68. The summed E-state index contributed by atoms with van der Waals surface area (Å²) < 4.78 is 54.8. The topological polar surface area (TPSA) is 86.5 Å². The largest absolute Gasteiger partial charge is 0.371 e. The maximum Gasteiger partial charge on any atom is 0.339 e. The summed E-state index contributed by atoms with van der Waals surface area (Å²) in [5.74, 6) is -3.84. The van der Waals surface area contributed by atoms with Crippen molar-refractivity contribution in [1.82, 2.24) is 0 Å². The van der Waals surface area contributed by atoms with Crippen molar-refractivity contribution in [3.05, 3.63) is 63.7 Å². The second-order valence-corrected chi connectivity index (χ2v) is 5.89. The van der Waals surface area contributed by atoms with E-state index in [1.165, 1.54) is 24.3 Å². The molecule has 6 nitrogen and oxygen atoms in total. The standard InChI is InChI=1S/C13H9F2NO5S/c1-8-2-4-9(5-3-8)22(19,20)21-13-7-11(15)10(14)6-12(13)16(17)18/h2-7H,1H3. The maximum absolute atomic E-state index is 13.2. The van der Waals surface area contributed by atoms with Gasteiger partial charge in [-0.1, -0.05) is 17.7 Å². The van der Waals surface area contributed by atoms with Gasteiger partial charge in [-0.05, 0) is 19.1 Å². The van der Waals surface area contributed by atoms with Crippen molar-refractivity contribution in [3.63, 3.8) is 0 Å². The van der Waals surface area contributed by atoms with Gasteiger partial charge in [0.2, 0.25) is 5.75 Å². The summed E-state index contributed by atoms with van der Waals surface area (Å²) in [6, 6.07) is 6.03. The highest BCUT2D eigenvalue weighted by atomic mass is 32.2. The molecule has 0 atom stereocenters. The van der Waals surface area contributed by atoms with Crippen molar-refractivity contribution in [2.24, 2.45) is 0 Å². The average molecular weight is 329 g/mol. The number of nitro groups is 1. The van der Waals surface area contributed by atoms with Gasteiger partial charge >= 0.3 is 15.8 Å². The third-order valence-electron chi connectivity index (χ3n) is 2.71. The predicted molar refractivity (Wildman–Crippen MR) is 72.0 cm³/mol. The molecule has 0 amide bonds. The summed E-state index contributed by atoms with van der Waals surface area (Å²) in [7, 11) is -4.41. The molecule has 2 aromatic carbocycles. The van der Waals surface area contributed by atoms with Gasteiger partial charge in [0.25, 0.3) is 0 Å². The van der Waals surface area contributed by atoms with Crippen LogP contribution in [0.2, 0.25) is 0 Å². The third-order valence-corrected chi connectivity index (χ3v) is 3.96. The number of rotatable bonds is 4. The lowest BCUT2D eigenvalue weighted by atomic mass is 10.2. The smallest absolute Gasteiger partial charge is 0.339 e. The van der Waals surface area contributed by atoms with Crippen LogP contribution in [-0.4, -0.2) is 13.3 Å². The fourth-order valence-corrected chi connectivity index (χ4v) is 2.53. The molecular formula is C13H9F2NO5S. The first kappa shape index (κ1) is 15.8. The number of hydrogen-bond acceptors (Lipinski definition) is 5. The third kappa shape index (κ3) is 3.19. The fourth-order valence-electron chi connectivity index (χ4n) is 1.60. The van der Waals surface area contributed by atoms with E-state index in [1.54, 1.807) is 6.92 Å². The second-order valence-electron chi connectivity index (χ2n) is 4.34. The summed E-state index contributed by atoms with van der Waals surface area (Å²) in [4.78, 5) is 9.46. The van der Waals surface area contributed by atoms with Gasteiger partial charge < -0.3 is 4.18 Å². The van der Waals surface area contributed by atoms with Crippen molar-refractivity contribution in [2.45, 2.75) is 11.8 Å². The summed E-state index contributed by atoms with van der Waals surface area (Å²) in [6.07, 6.45) is 0. The fraction of sp³-hybridized carbons (Fsp3) is 0.0769. The Bertz CT molecular complexity index is 834. The predicted octanol–water partition coefficient (Wildman–Crippen LogP) is 2.95. The van der Waals surface area contributed by atoms with E-state index in [-0.39, 0.29) is 11.0 Å². The van der Waals surface area contributed by atoms with Crippen LogP contribution in [0.1, 0.15) is 5.56 Å². The van der Waals surface area contributed by atoms with Crippen molar-refractivity contribution in [1.29, 1.82) is 0 Å². The first-order chi connectivity index (χ1) is 10.2. The van der Waals surface area contributed by atoms with E-state index < -0.39 is 38.1 Å². The normalized spacial score (nSPS) is 11.2. The average Bonchev–Trinajstić information content (AvgIpc) is 2.42. The van der Waals surface area contributed by atoms with Crippen LogP contribution in [0.3, 0.4) is 0 Å². The number of hydrogen-bond donors (Lipinski definition) is 0. The van der Waals surface area contributed by atoms with Crippen molar-refractivity contribution >= 4 is 15.8 Å². The molecule has 0 spiro atoms. The Morgan fingerprint density at radius 3 is 2.18 bits per heavy atom. The van der Waals surface area contributed by atoms with Crippen LogP contribution in [0.4, 0.5) is 14.5 Å². The van der Waals surface area contributed by atoms with E-state index in [9.17, 15) is 27.3 Å². The molecule has 0 saturated heterocycles. The molecule has 0 N–H and O–H groups in total. The summed E-state index contributed by atoms with van der Waals surface area (Å²) in [5, 5.41) is 10.8. The molecule has 0 aromatic heterocycles. The lowest BCUT2D eigenvalue weighted by Gasteiger charge is -2.08. The van der Waals surface area contributed by atoms with Crippen LogP contribution < -0.4 is 4.18 Å².